The summed E-state index contributed by atoms with van der Waals surface area (Å²) in [6, 6.07) is -0.589. The number of allylic oxidation sites excluding steroid dienone is 3. The molecule has 2 aliphatic rings. The SMILES string of the molecule is CO[C@@]1(C)CCO[C@H](N=C/C(C)=C/C=C2/O[C@H](C)[C@H](NC(=O)/C=C\[C@H](C)OC(C)=O)C[C@@H]2N)C1. The molecule has 2 fully saturated rings. The third-order valence-corrected chi connectivity index (χ3v) is 5.96. The van der Waals surface area contributed by atoms with E-state index in [1.807, 2.05) is 26.0 Å². The van der Waals surface area contributed by atoms with Crippen molar-refractivity contribution in [3.63, 3.8) is 0 Å². The van der Waals surface area contributed by atoms with Gasteiger partial charge in [0.25, 0.3) is 0 Å². The largest absolute Gasteiger partial charge is 0.491 e. The van der Waals surface area contributed by atoms with Crippen LogP contribution in [0.4, 0.5) is 0 Å². The number of carbonyl (C=O) groups is 2. The van der Waals surface area contributed by atoms with Gasteiger partial charge in [-0.25, -0.2) is 0 Å². The van der Waals surface area contributed by atoms with Gasteiger partial charge in [-0.15, -0.1) is 0 Å². The van der Waals surface area contributed by atoms with Crippen LogP contribution < -0.4 is 11.1 Å². The molecule has 9 heteroatoms. The van der Waals surface area contributed by atoms with Crippen LogP contribution in [-0.4, -0.2) is 67.9 Å². The van der Waals surface area contributed by atoms with Gasteiger partial charge in [0.2, 0.25) is 5.91 Å². The van der Waals surface area contributed by atoms with Crippen molar-refractivity contribution >= 4 is 18.1 Å². The monoisotopic (exact) mass is 477 g/mol. The van der Waals surface area contributed by atoms with Crippen LogP contribution in [-0.2, 0) is 28.5 Å². The molecule has 190 valence electrons. The van der Waals surface area contributed by atoms with Crippen molar-refractivity contribution in [1.29, 1.82) is 0 Å². The number of hydrogen-bond acceptors (Lipinski definition) is 8. The third kappa shape index (κ3) is 9.04. The number of nitrogens with one attached hydrogen (secondary N) is 1. The van der Waals surface area contributed by atoms with Crippen LogP contribution in [0.25, 0.3) is 0 Å². The van der Waals surface area contributed by atoms with E-state index in [9.17, 15) is 9.59 Å². The van der Waals surface area contributed by atoms with Crippen LogP contribution in [0.1, 0.15) is 53.9 Å². The lowest BCUT2D eigenvalue weighted by atomic mass is 9.95. The fourth-order valence-corrected chi connectivity index (χ4v) is 3.74. The van der Waals surface area contributed by atoms with Crippen molar-refractivity contribution < 1.29 is 28.5 Å². The highest BCUT2D eigenvalue weighted by molar-refractivity contribution is 5.87. The molecule has 1 amide bonds. The second-order valence-electron chi connectivity index (χ2n) is 9.15. The Balaban J connectivity index is 1.89. The zero-order valence-corrected chi connectivity index (χ0v) is 21.1. The fraction of sp³-hybridized carbons (Fsp3) is 0.640. The van der Waals surface area contributed by atoms with Crippen molar-refractivity contribution in [2.75, 3.05) is 13.7 Å². The Morgan fingerprint density at radius 1 is 1.35 bits per heavy atom. The molecular weight excluding hydrogens is 438 g/mol. The number of rotatable bonds is 8. The van der Waals surface area contributed by atoms with Crippen LogP contribution in [0.2, 0.25) is 0 Å². The van der Waals surface area contributed by atoms with Gasteiger partial charge in [-0.05, 0) is 58.3 Å². The number of ether oxygens (including phenoxy) is 4. The van der Waals surface area contributed by atoms with Gasteiger partial charge >= 0.3 is 5.97 Å². The Morgan fingerprint density at radius 2 is 2.09 bits per heavy atom. The topological polar surface area (TPSA) is 121 Å². The molecule has 34 heavy (non-hydrogen) atoms. The van der Waals surface area contributed by atoms with Crippen molar-refractivity contribution in [2.45, 2.75) is 90.0 Å². The molecule has 0 radical (unpaired) electrons. The first-order valence-corrected chi connectivity index (χ1v) is 11.7. The number of amides is 1. The molecule has 0 aromatic rings. The minimum atomic E-state index is -0.479. The quantitative estimate of drug-likeness (QED) is 0.313. The molecule has 2 aliphatic heterocycles. The van der Waals surface area contributed by atoms with E-state index in [0.29, 0.717) is 25.2 Å². The lowest BCUT2D eigenvalue weighted by molar-refractivity contribution is -0.143. The summed E-state index contributed by atoms with van der Waals surface area (Å²) in [5.74, 6) is -0.0321. The minimum absolute atomic E-state index is 0.207. The molecule has 2 rings (SSSR count). The number of esters is 1. The molecular formula is C25H39N3O6. The van der Waals surface area contributed by atoms with Crippen molar-refractivity contribution in [1.82, 2.24) is 5.32 Å². The average Bonchev–Trinajstić information content (AvgIpc) is 2.77. The molecule has 2 saturated heterocycles. The van der Waals surface area contributed by atoms with E-state index in [0.717, 1.165) is 12.0 Å². The van der Waals surface area contributed by atoms with Gasteiger partial charge in [-0.3, -0.25) is 14.6 Å². The summed E-state index contributed by atoms with van der Waals surface area (Å²) >= 11 is 0. The van der Waals surface area contributed by atoms with Crippen molar-refractivity contribution in [3.05, 3.63) is 35.6 Å². The van der Waals surface area contributed by atoms with Gasteiger partial charge in [-0.1, -0.05) is 6.08 Å². The Kier molecular flexibility index (Phi) is 10.5. The maximum Gasteiger partial charge on any atom is 0.303 e. The zero-order valence-electron chi connectivity index (χ0n) is 21.1. The molecule has 0 aromatic heterocycles. The highest BCUT2D eigenvalue weighted by Crippen LogP contribution is 2.28. The van der Waals surface area contributed by atoms with E-state index in [-0.39, 0.29) is 35.9 Å². The fourth-order valence-electron chi connectivity index (χ4n) is 3.74. The predicted molar refractivity (Wildman–Crippen MR) is 130 cm³/mol. The Morgan fingerprint density at radius 3 is 2.76 bits per heavy atom. The van der Waals surface area contributed by atoms with E-state index < -0.39 is 12.1 Å². The van der Waals surface area contributed by atoms with Gasteiger partial charge < -0.3 is 30.0 Å². The summed E-state index contributed by atoms with van der Waals surface area (Å²) in [6.45, 7) is 9.54. The molecule has 0 aliphatic carbocycles. The first-order valence-electron chi connectivity index (χ1n) is 11.7. The Bertz CT molecular complexity index is 837. The molecule has 3 N–H and O–H groups in total. The molecule has 0 aromatic carbocycles. The first kappa shape index (κ1) is 27.8. The van der Waals surface area contributed by atoms with Crippen LogP contribution in [0.3, 0.4) is 0 Å². The van der Waals surface area contributed by atoms with E-state index in [4.69, 9.17) is 24.7 Å². The molecule has 0 unspecified atom stereocenters. The second kappa shape index (κ2) is 12.8. The summed E-state index contributed by atoms with van der Waals surface area (Å²) in [4.78, 5) is 27.7. The van der Waals surface area contributed by atoms with Crippen molar-refractivity contribution in [3.8, 4) is 0 Å². The highest BCUT2D eigenvalue weighted by Gasteiger charge is 2.33. The molecule has 0 spiro atoms. The Labute approximate surface area is 202 Å². The van der Waals surface area contributed by atoms with Crippen LogP contribution >= 0.6 is 0 Å². The van der Waals surface area contributed by atoms with Crippen molar-refractivity contribution in [2.24, 2.45) is 10.7 Å². The van der Waals surface area contributed by atoms with Gasteiger partial charge in [-0.2, -0.15) is 0 Å². The molecule has 9 nitrogen and oxygen atoms in total. The standard InChI is InChI=1S/C25H39N3O6/c1-16(15-27-24-14-25(5,31-6)11-12-32-24)7-9-22-20(26)13-21(18(3)34-22)28-23(30)10-8-17(2)33-19(4)29/h7-10,15,17-18,20-21,24H,11-14,26H2,1-6H3,(H,28,30)/b10-8-,16-7+,22-9+,27-15?/t17-,18+,20-,21+,24-,25-/m0/s1. The lowest BCUT2D eigenvalue weighted by Gasteiger charge is -2.35. The molecule has 6 atom stereocenters. The lowest BCUT2D eigenvalue weighted by Crippen LogP contribution is -2.50. The summed E-state index contributed by atoms with van der Waals surface area (Å²) in [6.07, 6.45) is 9.58. The number of nitrogens with two attached hydrogens (primary N) is 1. The molecule has 2 heterocycles. The zero-order chi connectivity index (χ0) is 25.3. The number of methoxy groups -OCH3 is 1. The van der Waals surface area contributed by atoms with Gasteiger partial charge in [0, 0.05) is 32.7 Å². The van der Waals surface area contributed by atoms with Gasteiger partial charge in [0.15, 0.2) is 6.23 Å². The number of aliphatic imine (C=N–C) groups is 1. The maximum absolute atomic E-state index is 12.2. The average molecular weight is 478 g/mol. The van der Waals surface area contributed by atoms with Crippen LogP contribution in [0, 0.1) is 0 Å². The molecule has 0 bridgehead atoms. The van der Waals surface area contributed by atoms with Crippen LogP contribution in [0.15, 0.2) is 40.6 Å². The predicted octanol–water partition coefficient (Wildman–Crippen LogP) is 2.56. The highest BCUT2D eigenvalue weighted by atomic mass is 16.5. The summed E-state index contributed by atoms with van der Waals surface area (Å²) in [5, 5.41) is 2.90. The normalized spacial score (nSPS) is 32.6. The number of nitrogens with zero attached hydrogens (tertiary/aromatic N) is 1. The van der Waals surface area contributed by atoms with Crippen LogP contribution in [0.5, 0.6) is 0 Å². The molecule has 0 saturated carbocycles. The van der Waals surface area contributed by atoms with E-state index in [1.54, 1.807) is 20.2 Å². The number of carbonyl (C=O) groups excluding carboxylic acids is 2. The van der Waals surface area contributed by atoms with E-state index in [2.05, 4.69) is 17.2 Å². The smallest absolute Gasteiger partial charge is 0.303 e. The summed E-state index contributed by atoms with van der Waals surface area (Å²) in [5.41, 5.74) is 7.02. The summed E-state index contributed by atoms with van der Waals surface area (Å²) in [7, 11) is 1.72. The van der Waals surface area contributed by atoms with E-state index >= 15 is 0 Å². The summed E-state index contributed by atoms with van der Waals surface area (Å²) < 4.78 is 22.2. The minimum Gasteiger partial charge on any atom is -0.491 e. The second-order valence-corrected chi connectivity index (χ2v) is 9.15. The maximum atomic E-state index is 12.2. The first-order chi connectivity index (χ1) is 16.0. The van der Waals surface area contributed by atoms with E-state index in [1.165, 1.54) is 19.1 Å². The Hall–Kier alpha value is -2.49. The number of hydrogen-bond donors (Lipinski definition) is 2. The van der Waals surface area contributed by atoms with Gasteiger partial charge in [0.1, 0.15) is 18.0 Å². The van der Waals surface area contributed by atoms with Gasteiger partial charge in [0.05, 0.1) is 24.3 Å². The third-order valence-electron chi connectivity index (χ3n) is 5.96.